The molecule has 1 aromatic heterocycles. The van der Waals surface area contributed by atoms with Crippen LogP contribution in [-0.4, -0.2) is 47.9 Å². The molecule has 0 spiro atoms. The minimum atomic E-state index is 0.733. The molecule has 1 aliphatic rings. The largest absolute Gasteiger partial charge is 0.383 e. The van der Waals surface area contributed by atoms with Crippen LogP contribution in [0.15, 0.2) is 0 Å². The molecule has 2 rings (SSSR count). The third kappa shape index (κ3) is 4.19. The molecule has 1 fully saturated rings. The molecule has 0 aromatic carbocycles. The van der Waals surface area contributed by atoms with Gasteiger partial charge in [0.15, 0.2) is 0 Å². The number of hydrogen-bond acceptors (Lipinski definition) is 6. The van der Waals surface area contributed by atoms with E-state index in [0.717, 1.165) is 48.8 Å². The number of aromatic nitrogens is 2. The van der Waals surface area contributed by atoms with Crippen molar-refractivity contribution in [3.8, 4) is 0 Å². The third-order valence-electron chi connectivity index (χ3n) is 2.98. The summed E-state index contributed by atoms with van der Waals surface area (Å²) in [5.41, 5.74) is 0. The minimum absolute atomic E-state index is 0.733. The molecule has 1 aliphatic carbocycles. The Morgan fingerprint density at radius 2 is 2.28 bits per heavy atom. The monoisotopic (exact) mass is 270 g/mol. The Hall–Kier alpha value is -0.720. The smallest absolute Gasteiger partial charge is 0.205 e. The Balaban J connectivity index is 1.83. The van der Waals surface area contributed by atoms with Crippen LogP contribution in [0.5, 0.6) is 0 Å². The van der Waals surface area contributed by atoms with Gasteiger partial charge >= 0.3 is 0 Å². The van der Waals surface area contributed by atoms with Crippen molar-refractivity contribution in [1.29, 1.82) is 0 Å². The van der Waals surface area contributed by atoms with E-state index in [1.165, 1.54) is 12.8 Å². The molecule has 102 valence electrons. The quantitative estimate of drug-likeness (QED) is 0.743. The SMILES string of the molecule is CCCNc1nnc(CN(CCOC)C2CC2)s1. The molecular formula is C12H22N4OS. The molecule has 0 unspecified atom stereocenters. The van der Waals surface area contributed by atoms with Crippen molar-refractivity contribution >= 4 is 16.5 Å². The first-order chi connectivity index (χ1) is 8.83. The summed E-state index contributed by atoms with van der Waals surface area (Å²) in [5.74, 6) is 0. The van der Waals surface area contributed by atoms with Crippen LogP contribution < -0.4 is 5.32 Å². The second kappa shape index (κ2) is 7.01. The molecule has 5 nitrogen and oxygen atoms in total. The molecule has 0 aliphatic heterocycles. The van der Waals surface area contributed by atoms with E-state index in [-0.39, 0.29) is 0 Å². The van der Waals surface area contributed by atoms with Crippen molar-refractivity contribution in [1.82, 2.24) is 15.1 Å². The van der Waals surface area contributed by atoms with E-state index in [9.17, 15) is 0 Å². The van der Waals surface area contributed by atoms with Crippen LogP contribution in [0.3, 0.4) is 0 Å². The molecule has 6 heteroatoms. The fourth-order valence-corrected chi connectivity index (χ4v) is 2.62. The Kier molecular flexibility index (Phi) is 5.34. The maximum atomic E-state index is 5.16. The minimum Gasteiger partial charge on any atom is -0.383 e. The maximum Gasteiger partial charge on any atom is 0.205 e. The fraction of sp³-hybridized carbons (Fsp3) is 0.833. The van der Waals surface area contributed by atoms with Crippen molar-refractivity contribution < 1.29 is 4.74 Å². The number of anilines is 1. The summed E-state index contributed by atoms with van der Waals surface area (Å²) in [6.07, 6.45) is 3.73. The van der Waals surface area contributed by atoms with Crippen molar-refractivity contribution in [2.45, 2.75) is 38.8 Å². The lowest BCUT2D eigenvalue weighted by molar-refractivity contribution is 0.139. The first kappa shape index (κ1) is 13.7. The van der Waals surface area contributed by atoms with Gasteiger partial charge in [-0.15, -0.1) is 10.2 Å². The van der Waals surface area contributed by atoms with Crippen molar-refractivity contribution in [3.63, 3.8) is 0 Å². The molecule has 18 heavy (non-hydrogen) atoms. The van der Waals surface area contributed by atoms with Gasteiger partial charge in [0.2, 0.25) is 5.13 Å². The van der Waals surface area contributed by atoms with Crippen LogP contribution in [-0.2, 0) is 11.3 Å². The zero-order valence-corrected chi connectivity index (χ0v) is 12.0. The van der Waals surface area contributed by atoms with Crippen molar-refractivity contribution in [2.75, 3.05) is 32.1 Å². The summed E-state index contributed by atoms with van der Waals surface area (Å²) in [6.45, 7) is 5.79. The Morgan fingerprint density at radius 3 is 2.94 bits per heavy atom. The van der Waals surface area contributed by atoms with Crippen molar-refractivity contribution in [3.05, 3.63) is 5.01 Å². The molecule has 1 N–H and O–H groups in total. The molecule has 0 saturated heterocycles. The first-order valence-electron chi connectivity index (χ1n) is 6.62. The lowest BCUT2D eigenvalue weighted by Crippen LogP contribution is -2.29. The highest BCUT2D eigenvalue weighted by Gasteiger charge is 2.29. The molecule has 1 aromatic rings. The molecule has 0 amide bonds. The number of rotatable bonds is 9. The first-order valence-corrected chi connectivity index (χ1v) is 7.44. The molecular weight excluding hydrogens is 248 g/mol. The van der Waals surface area contributed by atoms with Gasteiger partial charge in [0, 0.05) is 26.2 Å². The summed E-state index contributed by atoms with van der Waals surface area (Å²) in [4.78, 5) is 2.45. The zero-order chi connectivity index (χ0) is 12.8. The number of nitrogens with one attached hydrogen (secondary N) is 1. The van der Waals surface area contributed by atoms with Crippen LogP contribution in [0.2, 0.25) is 0 Å². The van der Waals surface area contributed by atoms with Gasteiger partial charge in [0.1, 0.15) is 5.01 Å². The van der Waals surface area contributed by atoms with Gasteiger partial charge in [-0.2, -0.15) is 0 Å². The van der Waals surface area contributed by atoms with Crippen LogP contribution in [0.25, 0.3) is 0 Å². The van der Waals surface area contributed by atoms with E-state index in [1.54, 1.807) is 18.4 Å². The third-order valence-corrected chi connectivity index (χ3v) is 3.84. The van der Waals surface area contributed by atoms with Crippen LogP contribution in [0, 0.1) is 0 Å². The lowest BCUT2D eigenvalue weighted by Gasteiger charge is -2.19. The second-order valence-corrected chi connectivity index (χ2v) is 5.68. The summed E-state index contributed by atoms with van der Waals surface area (Å²) in [6, 6.07) is 0.733. The molecule has 0 atom stereocenters. The van der Waals surface area contributed by atoms with Gasteiger partial charge in [-0.05, 0) is 19.3 Å². The van der Waals surface area contributed by atoms with E-state index < -0.39 is 0 Å². The summed E-state index contributed by atoms with van der Waals surface area (Å²) >= 11 is 1.66. The van der Waals surface area contributed by atoms with Gasteiger partial charge in [-0.1, -0.05) is 18.3 Å². The highest BCUT2D eigenvalue weighted by Crippen LogP contribution is 2.29. The van der Waals surface area contributed by atoms with E-state index in [0.29, 0.717) is 0 Å². The number of nitrogens with zero attached hydrogens (tertiary/aromatic N) is 3. The maximum absolute atomic E-state index is 5.16. The average molecular weight is 270 g/mol. The predicted molar refractivity (Wildman–Crippen MR) is 74.0 cm³/mol. The van der Waals surface area contributed by atoms with Crippen molar-refractivity contribution in [2.24, 2.45) is 0 Å². The van der Waals surface area contributed by atoms with Gasteiger partial charge in [0.25, 0.3) is 0 Å². The van der Waals surface area contributed by atoms with Crippen LogP contribution in [0.4, 0.5) is 5.13 Å². The van der Waals surface area contributed by atoms with E-state index in [2.05, 4.69) is 27.3 Å². The van der Waals surface area contributed by atoms with E-state index in [4.69, 9.17) is 4.74 Å². The van der Waals surface area contributed by atoms with Crippen LogP contribution >= 0.6 is 11.3 Å². The lowest BCUT2D eigenvalue weighted by atomic mass is 10.4. The van der Waals surface area contributed by atoms with Crippen LogP contribution in [0.1, 0.15) is 31.2 Å². The number of hydrogen-bond donors (Lipinski definition) is 1. The fourth-order valence-electron chi connectivity index (χ4n) is 1.83. The topological polar surface area (TPSA) is 50.3 Å². The number of methoxy groups -OCH3 is 1. The van der Waals surface area contributed by atoms with Gasteiger partial charge in [0.05, 0.1) is 13.2 Å². The standard InChI is InChI=1S/C12H22N4OS/c1-3-6-13-12-15-14-11(18-12)9-16(7-8-17-2)10-4-5-10/h10H,3-9H2,1-2H3,(H,13,15). The Morgan fingerprint density at radius 1 is 1.44 bits per heavy atom. The highest BCUT2D eigenvalue weighted by atomic mass is 32.1. The summed E-state index contributed by atoms with van der Waals surface area (Å²) < 4.78 is 5.16. The Labute approximate surface area is 113 Å². The molecule has 1 saturated carbocycles. The highest BCUT2D eigenvalue weighted by molar-refractivity contribution is 7.15. The Bertz CT molecular complexity index is 354. The summed E-state index contributed by atoms with van der Waals surface area (Å²) in [7, 11) is 1.75. The van der Waals surface area contributed by atoms with Gasteiger partial charge < -0.3 is 10.1 Å². The average Bonchev–Trinajstić information content (AvgIpc) is 3.13. The summed E-state index contributed by atoms with van der Waals surface area (Å²) in [5, 5.41) is 13.7. The predicted octanol–water partition coefficient (Wildman–Crippen LogP) is 1.97. The normalized spacial score (nSPS) is 15.3. The second-order valence-electron chi connectivity index (χ2n) is 4.62. The molecule has 0 bridgehead atoms. The van der Waals surface area contributed by atoms with Gasteiger partial charge in [-0.25, -0.2) is 0 Å². The molecule has 0 radical (unpaired) electrons. The number of ether oxygens (including phenoxy) is 1. The molecule has 1 heterocycles. The van der Waals surface area contributed by atoms with E-state index >= 15 is 0 Å². The van der Waals surface area contributed by atoms with Gasteiger partial charge in [-0.3, -0.25) is 4.90 Å². The van der Waals surface area contributed by atoms with E-state index in [1.807, 2.05) is 0 Å². The zero-order valence-electron chi connectivity index (χ0n) is 11.2.